The van der Waals surface area contributed by atoms with Crippen LogP contribution in [0.5, 0.6) is 5.75 Å². The third kappa shape index (κ3) is 2.74. The number of rotatable bonds is 0. The quantitative estimate of drug-likeness (QED) is 0.648. The lowest BCUT2D eigenvalue weighted by Gasteiger charge is -1.93. The lowest BCUT2D eigenvalue weighted by Crippen LogP contribution is -1.85. The average Bonchev–Trinajstić information content (AvgIpc) is 2.80. The molecule has 0 aliphatic carbocycles. The fourth-order valence-electron chi connectivity index (χ4n) is 1.33. The molecule has 15 heavy (non-hydrogen) atoms. The highest BCUT2D eigenvalue weighted by Crippen LogP contribution is 2.23. The molecular formula is C11H11N3O. The average molecular weight is 201 g/mol. The first-order chi connectivity index (χ1) is 7.47. The van der Waals surface area contributed by atoms with Gasteiger partial charge in [-0.25, -0.2) is 0 Å². The topological polar surface area (TPSA) is 47.9 Å². The Kier molecular flexibility index (Phi) is 3.22. The third-order valence-electron chi connectivity index (χ3n) is 2.01. The smallest absolute Gasteiger partial charge is 0.122 e. The van der Waals surface area contributed by atoms with Gasteiger partial charge in [0.05, 0.1) is 19.0 Å². The maximum atomic E-state index is 5.30. The van der Waals surface area contributed by atoms with Crippen LogP contribution in [0.3, 0.4) is 0 Å². The van der Waals surface area contributed by atoms with Crippen molar-refractivity contribution in [1.82, 2.24) is 15.4 Å². The van der Waals surface area contributed by atoms with Gasteiger partial charge in [-0.2, -0.15) is 0 Å². The minimum absolute atomic E-state index is 0.860. The molecule has 0 atom stereocenters. The number of aromatic nitrogens is 3. The first-order valence-electron chi connectivity index (χ1n) is 4.76. The molecule has 1 aromatic carbocycles. The van der Waals surface area contributed by atoms with Crippen molar-refractivity contribution in [3.05, 3.63) is 48.3 Å². The lowest BCUT2D eigenvalue weighted by atomic mass is 10.2. The molecule has 0 amide bonds. The van der Waals surface area contributed by atoms with Crippen molar-refractivity contribution in [1.29, 1.82) is 0 Å². The monoisotopic (exact) mass is 201 g/mol. The Morgan fingerprint density at radius 2 is 1.80 bits per heavy atom. The van der Waals surface area contributed by atoms with E-state index in [0.717, 1.165) is 18.8 Å². The Hall–Kier alpha value is -1.97. The van der Waals surface area contributed by atoms with Gasteiger partial charge >= 0.3 is 0 Å². The molecule has 0 saturated carbocycles. The summed E-state index contributed by atoms with van der Waals surface area (Å²) in [5.41, 5.74) is 1.34. The van der Waals surface area contributed by atoms with Gasteiger partial charge in [-0.3, -0.25) is 0 Å². The van der Waals surface area contributed by atoms with Crippen LogP contribution in [-0.4, -0.2) is 22.0 Å². The lowest BCUT2D eigenvalue weighted by molar-refractivity contribution is 0.357. The molecule has 4 heteroatoms. The van der Waals surface area contributed by atoms with E-state index < -0.39 is 0 Å². The summed E-state index contributed by atoms with van der Waals surface area (Å²) >= 11 is 0. The maximum Gasteiger partial charge on any atom is 0.122 e. The van der Waals surface area contributed by atoms with Gasteiger partial charge in [-0.1, -0.05) is 18.2 Å². The minimum atomic E-state index is 0.860. The molecule has 76 valence electrons. The van der Waals surface area contributed by atoms with E-state index in [1.807, 2.05) is 18.2 Å². The molecular weight excluding hydrogens is 190 g/mol. The summed E-state index contributed by atoms with van der Waals surface area (Å²) in [6, 6.07) is 9.90. The van der Waals surface area contributed by atoms with Crippen molar-refractivity contribution >= 4 is 0 Å². The van der Waals surface area contributed by atoms with Crippen molar-refractivity contribution in [3.63, 3.8) is 0 Å². The van der Waals surface area contributed by atoms with Gasteiger partial charge in [0.25, 0.3) is 0 Å². The summed E-state index contributed by atoms with van der Waals surface area (Å²) in [7, 11) is 0. The van der Waals surface area contributed by atoms with Crippen LogP contribution in [0.15, 0.2) is 42.7 Å². The van der Waals surface area contributed by atoms with Crippen molar-refractivity contribution in [2.75, 3.05) is 6.61 Å². The fourth-order valence-corrected chi connectivity index (χ4v) is 1.33. The molecule has 2 heterocycles. The van der Waals surface area contributed by atoms with Crippen LogP contribution in [-0.2, 0) is 6.42 Å². The highest BCUT2D eigenvalue weighted by molar-refractivity contribution is 5.35. The third-order valence-corrected chi connectivity index (χ3v) is 2.01. The van der Waals surface area contributed by atoms with E-state index in [9.17, 15) is 0 Å². The van der Waals surface area contributed by atoms with Crippen LogP contribution >= 0.6 is 0 Å². The Balaban J connectivity index is 0.000000124. The van der Waals surface area contributed by atoms with E-state index in [4.69, 9.17) is 4.74 Å². The summed E-state index contributed by atoms with van der Waals surface area (Å²) in [5, 5.41) is 10.1. The summed E-state index contributed by atoms with van der Waals surface area (Å²) in [6.45, 7) is 0.860. The number of hydrogen-bond donors (Lipinski definition) is 0. The second-order valence-corrected chi connectivity index (χ2v) is 3.02. The number of fused-ring (bicyclic) bond motifs is 1. The summed E-state index contributed by atoms with van der Waals surface area (Å²) < 4.78 is 5.30. The van der Waals surface area contributed by atoms with E-state index >= 15 is 0 Å². The highest BCUT2D eigenvalue weighted by Gasteiger charge is 2.08. The van der Waals surface area contributed by atoms with Crippen molar-refractivity contribution in [2.24, 2.45) is 0 Å². The van der Waals surface area contributed by atoms with E-state index in [0.29, 0.717) is 0 Å². The molecule has 1 aliphatic heterocycles. The zero-order valence-electron chi connectivity index (χ0n) is 8.21. The zero-order valence-corrected chi connectivity index (χ0v) is 8.21. The van der Waals surface area contributed by atoms with Gasteiger partial charge < -0.3 is 4.74 Å². The van der Waals surface area contributed by atoms with Crippen LogP contribution in [0.1, 0.15) is 5.56 Å². The van der Waals surface area contributed by atoms with Gasteiger partial charge in [0.2, 0.25) is 0 Å². The normalized spacial score (nSPS) is 12.0. The van der Waals surface area contributed by atoms with Crippen molar-refractivity contribution in [2.45, 2.75) is 6.42 Å². The van der Waals surface area contributed by atoms with Crippen LogP contribution < -0.4 is 4.74 Å². The standard InChI is InChI=1S/C8H8O.C3H3N3/c1-2-4-8-7(3-1)5-6-9-8;1-2-4-6-5-3-1/h1-4H,5-6H2;1-3H. The van der Waals surface area contributed by atoms with Gasteiger partial charge in [-0.15, -0.1) is 10.2 Å². The van der Waals surface area contributed by atoms with Crippen LogP contribution in [0.4, 0.5) is 0 Å². The van der Waals surface area contributed by atoms with Gasteiger partial charge in [0, 0.05) is 6.42 Å². The predicted molar refractivity (Wildman–Crippen MR) is 55.5 cm³/mol. The maximum absolute atomic E-state index is 5.30. The van der Waals surface area contributed by atoms with E-state index in [2.05, 4.69) is 21.5 Å². The van der Waals surface area contributed by atoms with Crippen molar-refractivity contribution < 1.29 is 4.74 Å². The molecule has 0 fully saturated rings. The number of hydrogen-bond acceptors (Lipinski definition) is 4. The van der Waals surface area contributed by atoms with E-state index in [1.54, 1.807) is 18.5 Å². The largest absolute Gasteiger partial charge is 0.493 e. The second kappa shape index (κ2) is 5.05. The molecule has 4 nitrogen and oxygen atoms in total. The first kappa shape index (κ1) is 9.58. The molecule has 0 unspecified atom stereocenters. The first-order valence-corrected chi connectivity index (χ1v) is 4.76. The molecule has 0 N–H and O–H groups in total. The molecule has 1 aromatic heterocycles. The summed E-state index contributed by atoms with van der Waals surface area (Å²) in [5.74, 6) is 1.07. The summed E-state index contributed by atoms with van der Waals surface area (Å²) in [4.78, 5) is 0. The molecule has 0 radical (unpaired) electrons. The predicted octanol–water partition coefficient (Wildman–Crippen LogP) is 1.49. The molecule has 0 spiro atoms. The zero-order chi connectivity index (χ0) is 10.3. The number of nitrogens with zero attached hydrogens (tertiary/aromatic N) is 3. The Labute approximate surface area is 87.9 Å². The highest BCUT2D eigenvalue weighted by atomic mass is 16.5. The Morgan fingerprint density at radius 3 is 2.40 bits per heavy atom. The second-order valence-electron chi connectivity index (χ2n) is 3.02. The van der Waals surface area contributed by atoms with Crippen LogP contribution in [0.2, 0.25) is 0 Å². The fraction of sp³-hybridized carbons (Fsp3) is 0.182. The number of ether oxygens (including phenoxy) is 1. The molecule has 1 aliphatic rings. The minimum Gasteiger partial charge on any atom is -0.493 e. The molecule has 0 saturated heterocycles. The van der Waals surface area contributed by atoms with E-state index in [1.165, 1.54) is 5.56 Å². The van der Waals surface area contributed by atoms with Crippen LogP contribution in [0.25, 0.3) is 0 Å². The SMILES string of the molecule is c1ccc2c(c1)CCO2.c1cnnnc1. The van der Waals surface area contributed by atoms with Gasteiger partial charge in [0.15, 0.2) is 0 Å². The van der Waals surface area contributed by atoms with Gasteiger partial charge in [-0.05, 0) is 22.9 Å². The number of benzene rings is 1. The van der Waals surface area contributed by atoms with Crippen LogP contribution in [0, 0.1) is 0 Å². The molecule has 2 aromatic rings. The molecule has 0 bridgehead atoms. The Morgan fingerprint density at radius 1 is 1.00 bits per heavy atom. The van der Waals surface area contributed by atoms with Crippen molar-refractivity contribution in [3.8, 4) is 5.75 Å². The van der Waals surface area contributed by atoms with Gasteiger partial charge in [0.1, 0.15) is 5.75 Å². The number of para-hydroxylation sites is 1. The molecule has 3 rings (SSSR count). The summed E-state index contributed by atoms with van der Waals surface area (Å²) in [6.07, 6.45) is 4.23. The van der Waals surface area contributed by atoms with E-state index in [-0.39, 0.29) is 0 Å². The Bertz CT molecular complexity index is 356.